The van der Waals surface area contributed by atoms with Gasteiger partial charge in [0.25, 0.3) is 0 Å². The summed E-state index contributed by atoms with van der Waals surface area (Å²) in [5, 5.41) is 8.78. The third kappa shape index (κ3) is 2.12. The van der Waals surface area contributed by atoms with Crippen LogP contribution in [0.4, 0.5) is 0 Å². The topological polar surface area (TPSA) is 66.8 Å². The van der Waals surface area contributed by atoms with E-state index in [4.69, 9.17) is 9.84 Å². The van der Waals surface area contributed by atoms with E-state index in [0.29, 0.717) is 19.5 Å². The van der Waals surface area contributed by atoms with Gasteiger partial charge in [0.2, 0.25) is 5.91 Å². The number of likely N-dealkylation sites (tertiary alicyclic amines) is 1. The predicted octanol–water partition coefficient (Wildman–Crippen LogP) is 0.0985. The molecule has 2 saturated heterocycles. The summed E-state index contributed by atoms with van der Waals surface area (Å²) in [6.07, 6.45) is 2.55. The standard InChI is InChI=1S/C10H15NO4/c12-9-8(10(13)14)3-4-11(9)6-7-2-1-5-15-7/h7-8H,1-6H2,(H,13,14). The molecular formula is C10H15NO4. The van der Waals surface area contributed by atoms with E-state index < -0.39 is 11.9 Å². The highest BCUT2D eigenvalue weighted by Gasteiger charge is 2.37. The molecule has 2 atom stereocenters. The Kier molecular flexibility index (Phi) is 2.90. The molecule has 0 saturated carbocycles. The van der Waals surface area contributed by atoms with Crippen LogP contribution in [0.3, 0.4) is 0 Å². The molecule has 0 bridgehead atoms. The Balaban J connectivity index is 1.89. The number of aliphatic carboxylic acids is 1. The molecule has 5 heteroatoms. The molecule has 2 unspecified atom stereocenters. The summed E-state index contributed by atoms with van der Waals surface area (Å²) in [5.41, 5.74) is 0. The quantitative estimate of drug-likeness (QED) is 0.675. The number of carboxylic acid groups (broad SMARTS) is 1. The fourth-order valence-corrected chi connectivity index (χ4v) is 2.18. The smallest absolute Gasteiger partial charge is 0.316 e. The zero-order valence-electron chi connectivity index (χ0n) is 8.52. The van der Waals surface area contributed by atoms with Crippen LogP contribution in [-0.2, 0) is 14.3 Å². The molecule has 0 aliphatic carbocycles. The number of carbonyl (C=O) groups is 2. The maximum absolute atomic E-state index is 11.6. The maximum atomic E-state index is 11.6. The highest BCUT2D eigenvalue weighted by Crippen LogP contribution is 2.21. The van der Waals surface area contributed by atoms with Crippen molar-refractivity contribution in [3.8, 4) is 0 Å². The fraction of sp³-hybridized carbons (Fsp3) is 0.800. The third-order valence-electron chi connectivity index (χ3n) is 3.04. The average molecular weight is 213 g/mol. The fourth-order valence-electron chi connectivity index (χ4n) is 2.18. The second-order valence-corrected chi connectivity index (χ2v) is 4.10. The third-order valence-corrected chi connectivity index (χ3v) is 3.04. The molecule has 84 valence electrons. The van der Waals surface area contributed by atoms with E-state index in [-0.39, 0.29) is 12.0 Å². The van der Waals surface area contributed by atoms with Crippen LogP contribution < -0.4 is 0 Å². The summed E-state index contributed by atoms with van der Waals surface area (Å²) in [6.45, 7) is 1.87. The zero-order chi connectivity index (χ0) is 10.8. The average Bonchev–Trinajstić information content (AvgIpc) is 2.78. The lowest BCUT2D eigenvalue weighted by molar-refractivity contribution is -0.148. The van der Waals surface area contributed by atoms with Crippen LogP contribution in [0.1, 0.15) is 19.3 Å². The SMILES string of the molecule is O=C(O)C1CCN(CC2CCCO2)C1=O. The molecule has 2 aliphatic heterocycles. The lowest BCUT2D eigenvalue weighted by atomic mass is 10.1. The molecule has 2 rings (SSSR count). The zero-order valence-corrected chi connectivity index (χ0v) is 8.52. The van der Waals surface area contributed by atoms with Crippen LogP contribution in [0.2, 0.25) is 0 Å². The number of hydrogen-bond acceptors (Lipinski definition) is 3. The second-order valence-electron chi connectivity index (χ2n) is 4.10. The van der Waals surface area contributed by atoms with Gasteiger partial charge in [-0.05, 0) is 19.3 Å². The highest BCUT2D eigenvalue weighted by molar-refractivity contribution is 5.98. The first-order valence-electron chi connectivity index (χ1n) is 5.31. The largest absolute Gasteiger partial charge is 0.481 e. The Morgan fingerprint density at radius 2 is 2.33 bits per heavy atom. The minimum absolute atomic E-state index is 0.112. The van der Waals surface area contributed by atoms with E-state index >= 15 is 0 Å². The van der Waals surface area contributed by atoms with E-state index in [1.807, 2.05) is 0 Å². The molecule has 1 amide bonds. The van der Waals surface area contributed by atoms with Gasteiger partial charge in [0.15, 0.2) is 0 Å². The van der Waals surface area contributed by atoms with Crippen LogP contribution >= 0.6 is 0 Å². The molecule has 0 aromatic heterocycles. The molecule has 2 aliphatic rings. The molecule has 5 nitrogen and oxygen atoms in total. The first kappa shape index (κ1) is 10.4. The van der Waals surface area contributed by atoms with Gasteiger partial charge >= 0.3 is 5.97 Å². The number of amides is 1. The summed E-state index contributed by atoms with van der Waals surface area (Å²) in [7, 11) is 0. The van der Waals surface area contributed by atoms with Crippen molar-refractivity contribution in [2.24, 2.45) is 5.92 Å². The van der Waals surface area contributed by atoms with Gasteiger partial charge in [-0.2, -0.15) is 0 Å². The summed E-state index contributed by atoms with van der Waals surface area (Å²) in [6, 6.07) is 0. The number of nitrogens with zero attached hydrogens (tertiary/aromatic N) is 1. The number of rotatable bonds is 3. The van der Waals surface area contributed by atoms with Crippen LogP contribution in [0.25, 0.3) is 0 Å². The van der Waals surface area contributed by atoms with Gasteiger partial charge in [0.05, 0.1) is 6.10 Å². The maximum Gasteiger partial charge on any atom is 0.316 e. The molecule has 0 aromatic carbocycles. The van der Waals surface area contributed by atoms with Crippen molar-refractivity contribution < 1.29 is 19.4 Å². The molecule has 15 heavy (non-hydrogen) atoms. The summed E-state index contributed by atoms with van der Waals surface area (Å²) in [4.78, 5) is 24.0. The van der Waals surface area contributed by atoms with Crippen molar-refractivity contribution in [1.82, 2.24) is 4.90 Å². The lowest BCUT2D eigenvalue weighted by Gasteiger charge is -2.19. The Morgan fingerprint density at radius 1 is 1.53 bits per heavy atom. The highest BCUT2D eigenvalue weighted by atomic mass is 16.5. The van der Waals surface area contributed by atoms with Gasteiger partial charge in [-0.25, -0.2) is 0 Å². The normalized spacial score (nSPS) is 31.2. The van der Waals surface area contributed by atoms with Crippen molar-refractivity contribution in [3.05, 3.63) is 0 Å². The summed E-state index contributed by atoms with van der Waals surface area (Å²) < 4.78 is 5.42. The second kappa shape index (κ2) is 4.18. The molecule has 0 aromatic rings. The Bertz CT molecular complexity index is 273. The van der Waals surface area contributed by atoms with Crippen molar-refractivity contribution >= 4 is 11.9 Å². The van der Waals surface area contributed by atoms with Gasteiger partial charge in [-0.15, -0.1) is 0 Å². The number of ether oxygens (including phenoxy) is 1. The Hall–Kier alpha value is -1.10. The van der Waals surface area contributed by atoms with Gasteiger partial charge < -0.3 is 14.7 Å². The van der Waals surface area contributed by atoms with Crippen molar-refractivity contribution in [2.45, 2.75) is 25.4 Å². The first-order chi connectivity index (χ1) is 7.18. The minimum Gasteiger partial charge on any atom is -0.481 e. The van der Waals surface area contributed by atoms with Crippen LogP contribution in [0, 0.1) is 5.92 Å². The van der Waals surface area contributed by atoms with Crippen molar-refractivity contribution in [3.63, 3.8) is 0 Å². The van der Waals surface area contributed by atoms with E-state index in [1.54, 1.807) is 4.90 Å². The first-order valence-corrected chi connectivity index (χ1v) is 5.31. The molecular weight excluding hydrogens is 198 g/mol. The van der Waals surface area contributed by atoms with Crippen LogP contribution in [-0.4, -0.2) is 47.7 Å². The van der Waals surface area contributed by atoms with Gasteiger partial charge in [-0.3, -0.25) is 9.59 Å². The van der Waals surface area contributed by atoms with Crippen molar-refractivity contribution in [1.29, 1.82) is 0 Å². The van der Waals surface area contributed by atoms with E-state index in [2.05, 4.69) is 0 Å². The van der Waals surface area contributed by atoms with Gasteiger partial charge in [0.1, 0.15) is 5.92 Å². The molecule has 0 spiro atoms. The monoisotopic (exact) mass is 213 g/mol. The Labute approximate surface area is 88.0 Å². The van der Waals surface area contributed by atoms with Crippen LogP contribution in [0.15, 0.2) is 0 Å². The minimum atomic E-state index is -1.00. The van der Waals surface area contributed by atoms with E-state index in [1.165, 1.54) is 0 Å². The number of carboxylic acids is 1. The lowest BCUT2D eigenvalue weighted by Crippen LogP contribution is -2.35. The van der Waals surface area contributed by atoms with E-state index in [9.17, 15) is 9.59 Å². The summed E-state index contributed by atoms with van der Waals surface area (Å²) in [5.74, 6) is -2.08. The molecule has 2 heterocycles. The van der Waals surface area contributed by atoms with Gasteiger partial charge in [-0.1, -0.05) is 0 Å². The van der Waals surface area contributed by atoms with Gasteiger partial charge in [0, 0.05) is 19.7 Å². The number of hydrogen-bond donors (Lipinski definition) is 1. The predicted molar refractivity (Wildman–Crippen MR) is 51.3 cm³/mol. The molecule has 2 fully saturated rings. The Morgan fingerprint density at radius 3 is 2.87 bits per heavy atom. The van der Waals surface area contributed by atoms with Crippen LogP contribution in [0.5, 0.6) is 0 Å². The molecule has 0 radical (unpaired) electrons. The molecule has 1 N–H and O–H groups in total. The summed E-state index contributed by atoms with van der Waals surface area (Å²) >= 11 is 0. The number of carbonyl (C=O) groups excluding carboxylic acids is 1. The van der Waals surface area contributed by atoms with Crippen molar-refractivity contribution in [2.75, 3.05) is 19.7 Å². The van der Waals surface area contributed by atoms with E-state index in [0.717, 1.165) is 19.4 Å².